The zero-order valence-electron chi connectivity index (χ0n) is 17.0. The molecule has 0 saturated heterocycles. The lowest BCUT2D eigenvalue weighted by Crippen LogP contribution is -2.38. The summed E-state index contributed by atoms with van der Waals surface area (Å²) in [5.74, 6) is 1.19. The highest BCUT2D eigenvalue weighted by molar-refractivity contribution is 6.35. The Hall–Kier alpha value is -2.44. The number of hydrogen-bond donors (Lipinski definition) is 2. The highest BCUT2D eigenvalue weighted by Crippen LogP contribution is 2.26. The Labute approximate surface area is 181 Å². The summed E-state index contributed by atoms with van der Waals surface area (Å²) in [6.45, 7) is 2.55. The molecule has 0 radical (unpaired) electrons. The largest absolute Gasteiger partial charge is 0.484 e. The normalized spacial score (nSPS) is 12.3. The van der Waals surface area contributed by atoms with Crippen LogP contribution >= 0.6 is 23.2 Å². The SMILES string of the molecule is CN=C(NCc1cccc(OCC(=O)N(C)C)c1)NC(C)c1ccc(Cl)cc1Cl. The van der Waals surface area contributed by atoms with Crippen molar-refractivity contribution >= 4 is 35.1 Å². The van der Waals surface area contributed by atoms with Crippen LogP contribution in [0, 0.1) is 0 Å². The van der Waals surface area contributed by atoms with Gasteiger partial charge in [-0.1, -0.05) is 41.4 Å². The summed E-state index contributed by atoms with van der Waals surface area (Å²) in [6, 6.07) is 12.9. The van der Waals surface area contributed by atoms with Crippen LogP contribution in [0.3, 0.4) is 0 Å². The van der Waals surface area contributed by atoms with E-state index in [4.69, 9.17) is 27.9 Å². The summed E-state index contributed by atoms with van der Waals surface area (Å²) in [6.07, 6.45) is 0. The van der Waals surface area contributed by atoms with E-state index in [0.717, 1.165) is 11.1 Å². The Morgan fingerprint density at radius 2 is 1.97 bits per heavy atom. The monoisotopic (exact) mass is 436 g/mol. The number of rotatable bonds is 7. The molecule has 0 fully saturated rings. The molecular weight excluding hydrogens is 411 g/mol. The van der Waals surface area contributed by atoms with E-state index >= 15 is 0 Å². The lowest BCUT2D eigenvalue weighted by Gasteiger charge is -2.19. The molecule has 0 saturated carbocycles. The first kappa shape index (κ1) is 22.8. The molecule has 6 nitrogen and oxygen atoms in total. The van der Waals surface area contributed by atoms with Crippen LogP contribution in [0.1, 0.15) is 24.1 Å². The van der Waals surface area contributed by atoms with E-state index < -0.39 is 0 Å². The van der Waals surface area contributed by atoms with Crippen LogP contribution in [0.4, 0.5) is 0 Å². The summed E-state index contributed by atoms with van der Waals surface area (Å²) in [5.41, 5.74) is 1.93. The van der Waals surface area contributed by atoms with Crippen LogP contribution in [0.2, 0.25) is 10.0 Å². The number of ether oxygens (including phenoxy) is 1. The van der Waals surface area contributed by atoms with E-state index in [1.54, 1.807) is 27.2 Å². The number of benzene rings is 2. The number of guanidine groups is 1. The number of hydrogen-bond acceptors (Lipinski definition) is 3. The van der Waals surface area contributed by atoms with Crippen LogP contribution in [0.15, 0.2) is 47.5 Å². The van der Waals surface area contributed by atoms with Gasteiger partial charge < -0.3 is 20.3 Å². The molecule has 0 aromatic heterocycles. The Balaban J connectivity index is 1.93. The molecule has 29 heavy (non-hydrogen) atoms. The van der Waals surface area contributed by atoms with Gasteiger partial charge >= 0.3 is 0 Å². The minimum absolute atomic E-state index is 0.00642. The predicted octanol–water partition coefficient (Wildman–Crippen LogP) is 3.89. The summed E-state index contributed by atoms with van der Waals surface area (Å²) in [4.78, 5) is 17.4. The standard InChI is InChI=1S/C21H26Cl2N4O2/c1-14(18-9-8-16(22)11-19(18)23)26-21(24-2)25-12-15-6-5-7-17(10-15)29-13-20(28)27(3)4/h5-11,14H,12-13H2,1-4H3,(H2,24,25,26). The number of carbonyl (C=O) groups excluding carboxylic acids is 1. The maximum atomic E-state index is 11.7. The van der Waals surface area contributed by atoms with Gasteiger partial charge in [0.1, 0.15) is 5.75 Å². The maximum absolute atomic E-state index is 11.7. The first-order valence-electron chi connectivity index (χ1n) is 9.14. The number of carbonyl (C=O) groups is 1. The van der Waals surface area contributed by atoms with Gasteiger partial charge in [-0.25, -0.2) is 0 Å². The molecular formula is C21H26Cl2N4O2. The minimum Gasteiger partial charge on any atom is -0.484 e. The van der Waals surface area contributed by atoms with Gasteiger partial charge in [-0.2, -0.15) is 0 Å². The highest BCUT2D eigenvalue weighted by atomic mass is 35.5. The fourth-order valence-corrected chi connectivity index (χ4v) is 3.11. The average molecular weight is 437 g/mol. The second-order valence-corrected chi connectivity index (χ2v) is 7.53. The molecule has 0 aliphatic heterocycles. The van der Waals surface area contributed by atoms with Crippen molar-refractivity contribution < 1.29 is 9.53 Å². The number of aliphatic imine (C=N–C) groups is 1. The third-order valence-electron chi connectivity index (χ3n) is 4.23. The van der Waals surface area contributed by atoms with Crippen molar-refractivity contribution in [2.45, 2.75) is 19.5 Å². The van der Waals surface area contributed by atoms with Gasteiger partial charge in [0.2, 0.25) is 0 Å². The van der Waals surface area contributed by atoms with E-state index in [1.807, 2.05) is 43.3 Å². The number of nitrogens with zero attached hydrogens (tertiary/aromatic N) is 2. The van der Waals surface area contributed by atoms with Crippen molar-refractivity contribution in [1.82, 2.24) is 15.5 Å². The van der Waals surface area contributed by atoms with Crippen molar-refractivity contribution in [1.29, 1.82) is 0 Å². The Morgan fingerprint density at radius 3 is 2.62 bits per heavy atom. The van der Waals surface area contributed by atoms with Crippen LogP contribution in [0.5, 0.6) is 5.75 Å². The van der Waals surface area contributed by atoms with Crippen molar-refractivity contribution in [3.05, 3.63) is 63.6 Å². The third-order valence-corrected chi connectivity index (χ3v) is 4.79. The summed E-state index contributed by atoms with van der Waals surface area (Å²) < 4.78 is 5.56. The molecule has 8 heteroatoms. The van der Waals surface area contributed by atoms with Crippen LogP contribution in [-0.4, -0.2) is 44.5 Å². The molecule has 2 aromatic rings. The van der Waals surface area contributed by atoms with E-state index in [1.165, 1.54) is 4.90 Å². The molecule has 0 bridgehead atoms. The first-order chi connectivity index (χ1) is 13.8. The fraction of sp³-hybridized carbons (Fsp3) is 0.333. The third kappa shape index (κ3) is 7.15. The van der Waals surface area contributed by atoms with Crippen LogP contribution in [0.25, 0.3) is 0 Å². The average Bonchev–Trinajstić information content (AvgIpc) is 2.69. The molecule has 1 amide bonds. The Morgan fingerprint density at radius 1 is 1.21 bits per heavy atom. The lowest BCUT2D eigenvalue weighted by atomic mass is 10.1. The number of halogens is 2. The first-order valence-corrected chi connectivity index (χ1v) is 9.89. The van der Waals surface area contributed by atoms with E-state index in [-0.39, 0.29) is 18.6 Å². The summed E-state index contributed by atoms with van der Waals surface area (Å²) in [7, 11) is 5.10. The molecule has 2 N–H and O–H groups in total. The molecule has 1 unspecified atom stereocenters. The van der Waals surface area contributed by atoms with E-state index in [9.17, 15) is 4.79 Å². The van der Waals surface area contributed by atoms with Gasteiger partial charge in [0.25, 0.3) is 5.91 Å². The molecule has 0 spiro atoms. The van der Waals surface area contributed by atoms with Gasteiger partial charge in [-0.05, 0) is 42.3 Å². The van der Waals surface area contributed by atoms with E-state index in [0.29, 0.717) is 28.3 Å². The van der Waals surface area contributed by atoms with Crippen molar-refractivity contribution in [3.8, 4) is 5.75 Å². The smallest absolute Gasteiger partial charge is 0.259 e. The Bertz CT molecular complexity index is 872. The molecule has 2 rings (SSSR count). The molecule has 156 valence electrons. The van der Waals surface area contributed by atoms with Gasteiger partial charge in [0.15, 0.2) is 12.6 Å². The second-order valence-electron chi connectivity index (χ2n) is 6.68. The van der Waals surface area contributed by atoms with Crippen LogP contribution < -0.4 is 15.4 Å². The lowest BCUT2D eigenvalue weighted by molar-refractivity contribution is -0.130. The predicted molar refractivity (Wildman–Crippen MR) is 119 cm³/mol. The van der Waals surface area contributed by atoms with Crippen LogP contribution in [-0.2, 0) is 11.3 Å². The zero-order chi connectivity index (χ0) is 21.4. The quantitative estimate of drug-likeness (QED) is 0.510. The van der Waals surface area contributed by atoms with Crippen molar-refractivity contribution in [2.24, 2.45) is 4.99 Å². The second kappa shape index (κ2) is 10.9. The van der Waals surface area contributed by atoms with Crippen molar-refractivity contribution in [3.63, 3.8) is 0 Å². The molecule has 1 atom stereocenters. The summed E-state index contributed by atoms with van der Waals surface area (Å²) >= 11 is 12.3. The molecule has 0 aliphatic carbocycles. The number of amides is 1. The topological polar surface area (TPSA) is 66.0 Å². The number of likely N-dealkylation sites (N-methyl/N-ethyl adjacent to an activating group) is 1. The van der Waals surface area contributed by atoms with E-state index in [2.05, 4.69) is 15.6 Å². The molecule has 2 aromatic carbocycles. The van der Waals surface area contributed by atoms with Crippen molar-refractivity contribution in [2.75, 3.05) is 27.7 Å². The minimum atomic E-state index is -0.0898. The summed E-state index contributed by atoms with van der Waals surface area (Å²) in [5, 5.41) is 7.78. The van der Waals surface area contributed by atoms with Gasteiger partial charge in [0.05, 0.1) is 6.04 Å². The van der Waals surface area contributed by atoms with Gasteiger partial charge in [-0.15, -0.1) is 0 Å². The Kier molecular flexibility index (Phi) is 8.61. The zero-order valence-corrected chi connectivity index (χ0v) is 18.5. The molecule has 0 aliphatic rings. The van der Waals surface area contributed by atoms with Gasteiger partial charge in [-0.3, -0.25) is 9.79 Å². The fourth-order valence-electron chi connectivity index (χ4n) is 2.54. The maximum Gasteiger partial charge on any atom is 0.259 e. The number of nitrogens with one attached hydrogen (secondary N) is 2. The van der Waals surface area contributed by atoms with Gasteiger partial charge in [0, 0.05) is 37.7 Å². The molecule has 0 heterocycles. The highest BCUT2D eigenvalue weighted by Gasteiger charge is 2.12.